The molecule has 0 aliphatic heterocycles. The summed E-state index contributed by atoms with van der Waals surface area (Å²) in [5, 5.41) is 6.35. The van der Waals surface area contributed by atoms with E-state index in [1.54, 1.807) is 0 Å². The first-order valence-electron chi connectivity index (χ1n) is 17.1. The molecule has 0 atom stereocenters. The second kappa shape index (κ2) is 11.9. The molecule has 10 aromatic rings. The predicted molar refractivity (Wildman–Crippen MR) is 209 cm³/mol. The highest BCUT2D eigenvalue weighted by atomic mass is 16.3. The third-order valence-electron chi connectivity index (χ3n) is 9.74. The molecule has 0 N–H and O–H groups in total. The summed E-state index contributed by atoms with van der Waals surface area (Å²) in [7, 11) is 0. The lowest BCUT2D eigenvalue weighted by molar-refractivity contribution is 0.672. The Kier molecular flexibility index (Phi) is 6.78. The van der Waals surface area contributed by atoms with E-state index < -0.39 is 0 Å². The van der Waals surface area contributed by atoms with Gasteiger partial charge in [-0.05, 0) is 62.7 Å². The molecule has 8 aromatic carbocycles. The number of benzene rings is 8. The second-order valence-electron chi connectivity index (χ2n) is 12.8. The summed E-state index contributed by atoms with van der Waals surface area (Å²) in [6.45, 7) is 0. The number of aromatic nitrogens is 3. The fourth-order valence-corrected chi connectivity index (χ4v) is 7.29. The summed E-state index contributed by atoms with van der Waals surface area (Å²) in [5.74, 6) is 1.86. The summed E-state index contributed by atoms with van der Waals surface area (Å²) >= 11 is 0. The molecule has 51 heavy (non-hydrogen) atoms. The molecule has 2 heterocycles. The van der Waals surface area contributed by atoms with Gasteiger partial charge in [-0.3, -0.25) is 0 Å². The molecular formula is C47H29N3O. The Morgan fingerprint density at radius 2 is 0.804 bits per heavy atom. The van der Waals surface area contributed by atoms with Crippen molar-refractivity contribution >= 4 is 43.5 Å². The topological polar surface area (TPSA) is 51.8 Å². The summed E-state index contributed by atoms with van der Waals surface area (Å²) in [6, 6.07) is 61.0. The zero-order valence-corrected chi connectivity index (χ0v) is 27.5. The minimum atomic E-state index is 0.611. The molecule has 0 spiro atoms. The molecule has 0 fully saturated rings. The maximum Gasteiger partial charge on any atom is 0.164 e. The van der Waals surface area contributed by atoms with Gasteiger partial charge in [-0.25, -0.2) is 15.0 Å². The van der Waals surface area contributed by atoms with Gasteiger partial charge in [0.1, 0.15) is 11.2 Å². The highest BCUT2D eigenvalue weighted by Gasteiger charge is 2.20. The minimum Gasteiger partial charge on any atom is -0.455 e. The summed E-state index contributed by atoms with van der Waals surface area (Å²) in [6.07, 6.45) is 0. The van der Waals surface area contributed by atoms with E-state index in [9.17, 15) is 0 Å². The highest BCUT2D eigenvalue weighted by molar-refractivity contribution is 6.19. The predicted octanol–water partition coefficient (Wildman–Crippen LogP) is 12.4. The number of rotatable bonds is 5. The average molecular weight is 652 g/mol. The minimum absolute atomic E-state index is 0.611. The third-order valence-corrected chi connectivity index (χ3v) is 9.74. The van der Waals surface area contributed by atoms with Gasteiger partial charge in [0.2, 0.25) is 0 Å². The molecule has 10 rings (SSSR count). The standard InChI is InChI=1S/C47H29N3O/c1-4-14-30(15-5-1)33-24-25-37-40(28-33)44-41(38-22-12-13-23-43(38)51-44)29-42(37)47-49-45(32-18-8-3-9-19-32)48-46(50-47)39-27-26-34(31-16-6-2-7-17-31)35-20-10-11-21-36(35)39/h1-29H. The van der Waals surface area contributed by atoms with E-state index in [0.29, 0.717) is 17.5 Å². The van der Waals surface area contributed by atoms with Crippen LogP contribution in [0, 0.1) is 0 Å². The van der Waals surface area contributed by atoms with E-state index in [0.717, 1.165) is 71.3 Å². The van der Waals surface area contributed by atoms with Crippen molar-refractivity contribution in [3.8, 4) is 56.4 Å². The van der Waals surface area contributed by atoms with Crippen LogP contribution in [0.2, 0.25) is 0 Å². The lowest BCUT2D eigenvalue weighted by Gasteiger charge is -2.14. The van der Waals surface area contributed by atoms with E-state index in [-0.39, 0.29) is 0 Å². The zero-order valence-electron chi connectivity index (χ0n) is 27.5. The van der Waals surface area contributed by atoms with Crippen molar-refractivity contribution in [2.24, 2.45) is 0 Å². The van der Waals surface area contributed by atoms with E-state index >= 15 is 0 Å². The maximum absolute atomic E-state index is 6.58. The van der Waals surface area contributed by atoms with Crippen LogP contribution in [0.4, 0.5) is 0 Å². The van der Waals surface area contributed by atoms with Crippen molar-refractivity contribution in [2.45, 2.75) is 0 Å². The Morgan fingerprint density at radius 1 is 0.294 bits per heavy atom. The van der Waals surface area contributed by atoms with Crippen molar-refractivity contribution in [3.63, 3.8) is 0 Å². The van der Waals surface area contributed by atoms with Gasteiger partial charge in [-0.15, -0.1) is 0 Å². The largest absolute Gasteiger partial charge is 0.455 e. The number of fused-ring (bicyclic) bond motifs is 6. The van der Waals surface area contributed by atoms with Crippen molar-refractivity contribution < 1.29 is 4.42 Å². The van der Waals surface area contributed by atoms with E-state index in [4.69, 9.17) is 19.4 Å². The second-order valence-corrected chi connectivity index (χ2v) is 12.8. The van der Waals surface area contributed by atoms with Crippen LogP contribution in [0.3, 0.4) is 0 Å². The Morgan fingerprint density at radius 3 is 1.53 bits per heavy atom. The van der Waals surface area contributed by atoms with Crippen LogP contribution in [0.5, 0.6) is 0 Å². The van der Waals surface area contributed by atoms with Crippen LogP contribution < -0.4 is 0 Å². The number of furan rings is 1. The van der Waals surface area contributed by atoms with E-state index in [2.05, 4.69) is 133 Å². The lowest BCUT2D eigenvalue weighted by atomic mass is 9.94. The quantitative estimate of drug-likeness (QED) is 0.186. The summed E-state index contributed by atoms with van der Waals surface area (Å²) in [4.78, 5) is 15.6. The molecule has 4 heteroatoms. The van der Waals surface area contributed by atoms with Crippen molar-refractivity contribution in [3.05, 3.63) is 176 Å². The zero-order chi connectivity index (χ0) is 33.7. The van der Waals surface area contributed by atoms with Crippen LogP contribution >= 0.6 is 0 Å². The molecule has 0 aliphatic rings. The SMILES string of the molecule is c1ccc(-c2ccc3c(-c4nc(-c5ccccc5)nc(-c5ccc(-c6ccccc6)c6ccccc56)n4)cc4c5ccccc5oc4c3c2)cc1. The molecule has 0 amide bonds. The number of hydrogen-bond donors (Lipinski definition) is 0. The van der Waals surface area contributed by atoms with Crippen molar-refractivity contribution in [1.82, 2.24) is 15.0 Å². The Labute approximate surface area is 294 Å². The van der Waals surface area contributed by atoms with Gasteiger partial charge in [-0.2, -0.15) is 0 Å². The van der Waals surface area contributed by atoms with Crippen LogP contribution in [0.15, 0.2) is 180 Å². The first-order valence-corrected chi connectivity index (χ1v) is 17.1. The molecule has 4 nitrogen and oxygen atoms in total. The summed E-state index contributed by atoms with van der Waals surface area (Å²) < 4.78 is 6.58. The molecule has 0 radical (unpaired) electrons. The highest BCUT2D eigenvalue weighted by Crippen LogP contribution is 2.42. The molecule has 238 valence electrons. The first kappa shape index (κ1) is 29.0. The van der Waals surface area contributed by atoms with E-state index in [1.165, 1.54) is 11.1 Å². The van der Waals surface area contributed by atoms with Gasteiger partial charge in [0.25, 0.3) is 0 Å². The number of hydrogen-bond acceptors (Lipinski definition) is 4. The van der Waals surface area contributed by atoms with Crippen molar-refractivity contribution in [1.29, 1.82) is 0 Å². The molecule has 0 unspecified atom stereocenters. The first-order chi connectivity index (χ1) is 25.3. The van der Waals surface area contributed by atoms with Crippen LogP contribution in [0.25, 0.3) is 99.9 Å². The Hall–Kier alpha value is -6.91. The lowest BCUT2D eigenvalue weighted by Crippen LogP contribution is -2.01. The molecule has 0 bridgehead atoms. The van der Waals surface area contributed by atoms with Crippen LogP contribution in [0.1, 0.15) is 0 Å². The number of nitrogens with zero attached hydrogens (tertiary/aromatic N) is 3. The van der Waals surface area contributed by atoms with Crippen LogP contribution in [-0.2, 0) is 0 Å². The van der Waals surface area contributed by atoms with Crippen molar-refractivity contribution in [2.75, 3.05) is 0 Å². The fourth-order valence-electron chi connectivity index (χ4n) is 7.29. The molecular weight excluding hydrogens is 623 g/mol. The molecule has 0 saturated carbocycles. The normalized spacial score (nSPS) is 11.5. The maximum atomic E-state index is 6.58. The molecule has 0 saturated heterocycles. The average Bonchev–Trinajstić information content (AvgIpc) is 3.60. The van der Waals surface area contributed by atoms with E-state index in [1.807, 2.05) is 42.5 Å². The Balaban J connectivity index is 1.26. The monoisotopic (exact) mass is 651 g/mol. The summed E-state index contributed by atoms with van der Waals surface area (Å²) in [5.41, 5.74) is 9.12. The molecule has 2 aromatic heterocycles. The van der Waals surface area contributed by atoms with Gasteiger partial charge in [0, 0.05) is 32.8 Å². The fraction of sp³-hybridized carbons (Fsp3) is 0. The Bertz CT molecular complexity index is 2900. The van der Waals surface area contributed by atoms with Gasteiger partial charge in [0.05, 0.1) is 0 Å². The van der Waals surface area contributed by atoms with Gasteiger partial charge < -0.3 is 4.42 Å². The van der Waals surface area contributed by atoms with Gasteiger partial charge >= 0.3 is 0 Å². The van der Waals surface area contributed by atoms with Gasteiger partial charge in [-0.1, -0.05) is 152 Å². The molecule has 0 aliphatic carbocycles. The number of para-hydroxylation sites is 1. The smallest absolute Gasteiger partial charge is 0.164 e. The van der Waals surface area contributed by atoms with Gasteiger partial charge in [0.15, 0.2) is 17.5 Å². The van der Waals surface area contributed by atoms with Crippen LogP contribution in [-0.4, -0.2) is 15.0 Å². The third kappa shape index (κ3) is 4.96.